The van der Waals surface area contributed by atoms with Crippen molar-refractivity contribution in [2.45, 2.75) is 51.4 Å². The Bertz CT molecular complexity index is 618. The monoisotopic (exact) mass is 383 g/mol. The lowest BCUT2D eigenvalue weighted by atomic mass is 9.96. The van der Waals surface area contributed by atoms with Gasteiger partial charge in [-0.1, -0.05) is 0 Å². The number of carbonyl (C=O) groups is 3. The first kappa shape index (κ1) is 21.3. The second kappa shape index (κ2) is 8.56. The molecule has 0 spiro atoms. The average molecular weight is 383 g/mol. The molecule has 1 rings (SSSR count). The summed E-state index contributed by atoms with van der Waals surface area (Å²) in [7, 11) is -4.06. The molecule has 1 fully saturated rings. The van der Waals surface area contributed by atoms with Crippen LogP contribution in [0.3, 0.4) is 0 Å². The van der Waals surface area contributed by atoms with Crippen LogP contribution in [-0.2, 0) is 42.9 Å². The molecule has 25 heavy (non-hydrogen) atoms. The van der Waals surface area contributed by atoms with Crippen molar-refractivity contribution in [3.63, 3.8) is 0 Å². The number of hydrogen-bond donors (Lipinski definition) is 2. The number of aliphatic hydroxyl groups is 1. The molecule has 0 saturated carbocycles. The molecular formula is C13H21NO10S. The first-order chi connectivity index (χ1) is 11.4. The molecule has 11 nitrogen and oxygen atoms in total. The highest BCUT2D eigenvalue weighted by molar-refractivity contribution is 7.86. The van der Waals surface area contributed by atoms with E-state index in [0.29, 0.717) is 0 Å². The zero-order valence-electron chi connectivity index (χ0n) is 14.1. The number of nitrogens with one attached hydrogen (secondary N) is 1. The first-order valence-corrected chi connectivity index (χ1v) is 9.02. The molecule has 1 heterocycles. The van der Waals surface area contributed by atoms with Crippen molar-refractivity contribution in [3.8, 4) is 0 Å². The molecule has 5 atom stereocenters. The van der Waals surface area contributed by atoms with E-state index >= 15 is 0 Å². The Morgan fingerprint density at radius 3 is 2.16 bits per heavy atom. The van der Waals surface area contributed by atoms with Gasteiger partial charge in [0.05, 0.1) is 6.26 Å². The summed E-state index contributed by atoms with van der Waals surface area (Å²) in [5, 5.41) is 12.4. The number of rotatable bonds is 6. The molecule has 12 heteroatoms. The summed E-state index contributed by atoms with van der Waals surface area (Å²) in [5.74, 6) is -2.06. The minimum Gasteiger partial charge on any atom is -0.463 e. The second-order valence-electron chi connectivity index (χ2n) is 5.43. The summed E-state index contributed by atoms with van der Waals surface area (Å²) < 4.78 is 43.1. The minimum absolute atomic E-state index is 0.430. The molecule has 0 aromatic rings. The van der Waals surface area contributed by atoms with E-state index in [4.69, 9.17) is 18.4 Å². The molecule has 0 aromatic carbocycles. The lowest BCUT2D eigenvalue weighted by Gasteiger charge is -2.43. The van der Waals surface area contributed by atoms with Crippen molar-refractivity contribution in [2.24, 2.45) is 0 Å². The van der Waals surface area contributed by atoms with E-state index in [9.17, 15) is 27.9 Å². The van der Waals surface area contributed by atoms with Gasteiger partial charge in [0.1, 0.15) is 24.9 Å². The van der Waals surface area contributed by atoms with Crippen LogP contribution in [0.5, 0.6) is 0 Å². The highest BCUT2D eigenvalue weighted by Crippen LogP contribution is 2.27. The zero-order valence-corrected chi connectivity index (χ0v) is 14.9. The van der Waals surface area contributed by atoms with E-state index in [1.807, 2.05) is 0 Å². The Morgan fingerprint density at radius 2 is 1.72 bits per heavy atom. The Kier molecular flexibility index (Phi) is 7.29. The van der Waals surface area contributed by atoms with Crippen molar-refractivity contribution in [2.75, 3.05) is 12.9 Å². The standard InChI is InChI=1S/C13H21NO10S/c1-6(15)14-10-12(24-25(4,19)20)11(22-8(3)17)9(23-13(10)18)5-21-7(2)16/h9-13,18H,5H2,1-4H3,(H,14,15)/t9-,10-,11-,12+,13+/m1/s1. The average Bonchev–Trinajstić information content (AvgIpc) is 2.41. The van der Waals surface area contributed by atoms with Crippen LogP contribution in [0.1, 0.15) is 20.8 Å². The summed E-state index contributed by atoms with van der Waals surface area (Å²) in [6.45, 7) is 2.90. The molecular weight excluding hydrogens is 362 g/mol. The van der Waals surface area contributed by atoms with Gasteiger partial charge in [0.15, 0.2) is 12.4 Å². The van der Waals surface area contributed by atoms with Gasteiger partial charge in [-0.25, -0.2) is 0 Å². The van der Waals surface area contributed by atoms with E-state index in [1.165, 1.54) is 0 Å². The first-order valence-electron chi connectivity index (χ1n) is 7.20. The third-order valence-electron chi connectivity index (χ3n) is 3.07. The second-order valence-corrected chi connectivity index (χ2v) is 7.03. The van der Waals surface area contributed by atoms with E-state index in [1.54, 1.807) is 0 Å². The molecule has 0 unspecified atom stereocenters. The van der Waals surface area contributed by atoms with E-state index in [-0.39, 0.29) is 0 Å². The quantitative estimate of drug-likeness (QED) is 0.390. The highest BCUT2D eigenvalue weighted by atomic mass is 32.2. The molecule has 1 saturated heterocycles. The van der Waals surface area contributed by atoms with E-state index in [0.717, 1.165) is 27.0 Å². The predicted molar refractivity (Wildman–Crippen MR) is 80.4 cm³/mol. The van der Waals surface area contributed by atoms with E-state index < -0.39 is 65.2 Å². The van der Waals surface area contributed by atoms with Crippen LogP contribution in [0.15, 0.2) is 0 Å². The number of aliphatic hydroxyl groups excluding tert-OH is 1. The van der Waals surface area contributed by atoms with Gasteiger partial charge in [-0.3, -0.25) is 18.6 Å². The van der Waals surface area contributed by atoms with Crippen LogP contribution >= 0.6 is 0 Å². The van der Waals surface area contributed by atoms with Crippen LogP contribution in [0.25, 0.3) is 0 Å². The van der Waals surface area contributed by atoms with Crippen molar-refractivity contribution in [3.05, 3.63) is 0 Å². The maximum absolute atomic E-state index is 11.6. The summed E-state index contributed by atoms with van der Waals surface area (Å²) in [5.41, 5.74) is 0. The maximum atomic E-state index is 11.6. The van der Waals surface area contributed by atoms with Crippen LogP contribution in [0.2, 0.25) is 0 Å². The number of ether oxygens (including phenoxy) is 3. The molecule has 0 bridgehead atoms. The molecule has 0 aliphatic carbocycles. The van der Waals surface area contributed by atoms with Gasteiger partial charge in [-0.15, -0.1) is 0 Å². The number of amides is 1. The smallest absolute Gasteiger partial charge is 0.303 e. The van der Waals surface area contributed by atoms with Crippen molar-refractivity contribution in [1.29, 1.82) is 0 Å². The Balaban J connectivity index is 3.20. The fourth-order valence-corrected chi connectivity index (χ4v) is 2.92. The molecule has 144 valence electrons. The van der Waals surface area contributed by atoms with Gasteiger partial charge in [0.25, 0.3) is 10.1 Å². The van der Waals surface area contributed by atoms with Gasteiger partial charge in [0.2, 0.25) is 5.91 Å². The van der Waals surface area contributed by atoms with Gasteiger partial charge < -0.3 is 24.6 Å². The molecule has 0 aromatic heterocycles. The lowest BCUT2D eigenvalue weighted by Crippen LogP contribution is -2.66. The third-order valence-corrected chi connectivity index (χ3v) is 3.65. The fraction of sp³-hybridized carbons (Fsp3) is 0.769. The van der Waals surface area contributed by atoms with E-state index in [2.05, 4.69) is 5.32 Å². The van der Waals surface area contributed by atoms with Gasteiger partial charge in [-0.2, -0.15) is 8.42 Å². The lowest BCUT2D eigenvalue weighted by molar-refractivity contribution is -0.256. The summed E-state index contributed by atoms with van der Waals surface area (Å²) in [6.07, 6.45) is -5.01. The van der Waals surface area contributed by atoms with Gasteiger partial charge in [-0.05, 0) is 0 Å². The normalized spacial score (nSPS) is 29.6. The Labute approximate surface area is 144 Å². The van der Waals surface area contributed by atoms with Crippen LogP contribution < -0.4 is 5.32 Å². The maximum Gasteiger partial charge on any atom is 0.303 e. The largest absolute Gasteiger partial charge is 0.463 e. The van der Waals surface area contributed by atoms with Crippen LogP contribution in [0, 0.1) is 0 Å². The van der Waals surface area contributed by atoms with Gasteiger partial charge in [0, 0.05) is 20.8 Å². The van der Waals surface area contributed by atoms with Crippen molar-refractivity contribution in [1.82, 2.24) is 5.32 Å². The number of carbonyl (C=O) groups excluding carboxylic acids is 3. The van der Waals surface area contributed by atoms with Crippen LogP contribution in [0.4, 0.5) is 0 Å². The molecule has 0 radical (unpaired) electrons. The zero-order chi connectivity index (χ0) is 19.4. The molecule has 2 N–H and O–H groups in total. The molecule has 1 aliphatic rings. The third kappa shape index (κ3) is 6.94. The number of hydrogen-bond acceptors (Lipinski definition) is 10. The highest BCUT2D eigenvalue weighted by Gasteiger charge is 2.50. The van der Waals surface area contributed by atoms with Crippen molar-refractivity contribution < 1.29 is 46.3 Å². The minimum atomic E-state index is -4.06. The topological polar surface area (TPSA) is 155 Å². The fourth-order valence-electron chi connectivity index (χ4n) is 2.29. The summed E-state index contributed by atoms with van der Waals surface area (Å²) in [4.78, 5) is 33.7. The number of esters is 2. The van der Waals surface area contributed by atoms with Gasteiger partial charge >= 0.3 is 11.9 Å². The van der Waals surface area contributed by atoms with Crippen molar-refractivity contribution >= 4 is 28.0 Å². The summed E-state index contributed by atoms with van der Waals surface area (Å²) >= 11 is 0. The Hall–Kier alpha value is -1.76. The SMILES string of the molecule is CC(=O)N[C@@H]1[C@H](OS(C)(=O)=O)[C@H](OC(C)=O)[C@@H](COC(C)=O)O[C@@H]1O. The molecule has 1 amide bonds. The van der Waals surface area contributed by atoms with Crippen LogP contribution in [-0.4, -0.2) is 74.9 Å². The summed E-state index contributed by atoms with van der Waals surface area (Å²) in [6, 6.07) is -1.34. The Morgan fingerprint density at radius 1 is 1.12 bits per heavy atom. The predicted octanol–water partition coefficient (Wildman–Crippen LogP) is -1.95. The molecule has 1 aliphatic heterocycles.